The average Bonchev–Trinajstić information content (AvgIpc) is 3.11. The fraction of sp³-hybridized carbons (Fsp3) is 0.538. The van der Waals surface area contributed by atoms with Crippen molar-refractivity contribution in [2.75, 3.05) is 6.61 Å². The van der Waals surface area contributed by atoms with E-state index in [9.17, 15) is 13.5 Å². The van der Waals surface area contributed by atoms with Crippen LogP contribution in [0.1, 0.15) is 24.8 Å². The Morgan fingerprint density at radius 3 is 2.42 bits per heavy atom. The Bertz CT molecular complexity index is 507. The van der Waals surface area contributed by atoms with Crippen LogP contribution in [0.2, 0.25) is 0 Å². The Kier molecular flexibility index (Phi) is 4.25. The van der Waals surface area contributed by atoms with Crippen LogP contribution >= 0.6 is 0 Å². The van der Waals surface area contributed by atoms with Crippen LogP contribution in [-0.4, -0.2) is 35.5 Å². The van der Waals surface area contributed by atoms with Crippen molar-refractivity contribution < 1.29 is 22.8 Å². The van der Waals surface area contributed by atoms with E-state index in [1.807, 2.05) is 30.3 Å². The molecule has 2 N–H and O–H groups in total. The molecule has 1 aromatic rings. The average molecular weight is 286 g/mol. The van der Waals surface area contributed by atoms with E-state index >= 15 is 0 Å². The van der Waals surface area contributed by atoms with Crippen LogP contribution in [0.25, 0.3) is 0 Å². The number of hydrogen-bond donors (Lipinski definition) is 2. The van der Waals surface area contributed by atoms with Crippen LogP contribution in [0.3, 0.4) is 0 Å². The summed E-state index contributed by atoms with van der Waals surface area (Å²) < 4.78 is 35.6. The van der Waals surface area contributed by atoms with Gasteiger partial charge in [0.05, 0.1) is 19.3 Å². The molecule has 0 saturated heterocycles. The lowest BCUT2D eigenvalue weighted by Crippen LogP contribution is -2.30. The minimum atomic E-state index is -4.08. The van der Waals surface area contributed by atoms with E-state index in [1.165, 1.54) is 0 Å². The molecule has 1 unspecified atom stereocenters. The summed E-state index contributed by atoms with van der Waals surface area (Å²) in [6, 6.07) is 9.51. The molecule has 1 aromatic carbocycles. The van der Waals surface area contributed by atoms with Crippen molar-refractivity contribution >= 4 is 10.1 Å². The molecule has 0 spiro atoms. The van der Waals surface area contributed by atoms with Crippen LogP contribution in [-0.2, 0) is 21.5 Å². The molecule has 0 heterocycles. The van der Waals surface area contributed by atoms with E-state index in [0.717, 1.165) is 5.56 Å². The molecule has 0 amide bonds. The lowest BCUT2D eigenvalue weighted by atomic mass is 10.2. The van der Waals surface area contributed by atoms with E-state index in [-0.39, 0.29) is 13.0 Å². The van der Waals surface area contributed by atoms with Crippen LogP contribution in [0.5, 0.6) is 0 Å². The molecule has 2 rings (SSSR count). The second-order valence-electron chi connectivity index (χ2n) is 5.02. The van der Waals surface area contributed by atoms with Gasteiger partial charge in [0.2, 0.25) is 0 Å². The molecule has 0 bridgehead atoms. The smallest absolute Gasteiger partial charge is 0.270 e. The van der Waals surface area contributed by atoms with Gasteiger partial charge < -0.3 is 9.84 Å². The fourth-order valence-corrected chi connectivity index (χ4v) is 3.10. The number of aliphatic hydroxyl groups excluding tert-OH is 1. The van der Waals surface area contributed by atoms with Gasteiger partial charge in [-0.25, -0.2) is 0 Å². The third kappa shape index (κ3) is 3.76. The van der Waals surface area contributed by atoms with Gasteiger partial charge in [-0.1, -0.05) is 30.3 Å². The number of aliphatic hydroxyl groups is 1. The number of benzene rings is 1. The first-order chi connectivity index (χ1) is 8.93. The van der Waals surface area contributed by atoms with E-state index < -0.39 is 21.0 Å². The van der Waals surface area contributed by atoms with Gasteiger partial charge in [-0.3, -0.25) is 4.55 Å². The van der Waals surface area contributed by atoms with Crippen LogP contribution < -0.4 is 0 Å². The van der Waals surface area contributed by atoms with Gasteiger partial charge >= 0.3 is 0 Å². The summed E-state index contributed by atoms with van der Waals surface area (Å²) in [5.41, 5.74) is 0.991. The fourth-order valence-electron chi connectivity index (χ4n) is 2.08. The Hall–Kier alpha value is -0.950. The second kappa shape index (κ2) is 5.58. The zero-order chi connectivity index (χ0) is 13.9. The van der Waals surface area contributed by atoms with Crippen molar-refractivity contribution in [1.29, 1.82) is 0 Å². The lowest BCUT2D eigenvalue weighted by Gasteiger charge is -2.16. The van der Waals surface area contributed by atoms with Gasteiger partial charge in [0.1, 0.15) is 4.75 Å². The summed E-state index contributed by atoms with van der Waals surface area (Å²) in [5, 5.41) is 9.77. The Labute approximate surface area is 113 Å². The molecular formula is C13H18O5S. The predicted molar refractivity (Wildman–Crippen MR) is 70.2 cm³/mol. The van der Waals surface area contributed by atoms with E-state index in [1.54, 1.807) is 0 Å². The molecule has 1 aliphatic rings. The highest BCUT2D eigenvalue weighted by atomic mass is 32.2. The topological polar surface area (TPSA) is 83.8 Å². The first-order valence-corrected chi connectivity index (χ1v) is 7.64. The number of hydrogen-bond acceptors (Lipinski definition) is 4. The molecule has 1 atom stereocenters. The summed E-state index contributed by atoms with van der Waals surface area (Å²) in [6.45, 7) is 0.433. The van der Waals surface area contributed by atoms with E-state index in [0.29, 0.717) is 19.4 Å². The maximum absolute atomic E-state index is 11.1. The highest BCUT2D eigenvalue weighted by molar-refractivity contribution is 7.87. The third-order valence-electron chi connectivity index (χ3n) is 3.38. The monoisotopic (exact) mass is 286 g/mol. The largest absolute Gasteiger partial charge is 0.391 e. The van der Waals surface area contributed by atoms with Gasteiger partial charge in [0.15, 0.2) is 0 Å². The standard InChI is InChI=1S/C13H18O5S/c14-12(8-13(6-7-13)19(15,16)17)10-18-9-11-4-2-1-3-5-11/h1-5,12,14H,6-10H2,(H,15,16,17). The molecule has 1 aliphatic carbocycles. The molecule has 5 nitrogen and oxygen atoms in total. The van der Waals surface area contributed by atoms with E-state index in [4.69, 9.17) is 9.29 Å². The zero-order valence-electron chi connectivity index (χ0n) is 10.5. The minimum Gasteiger partial charge on any atom is -0.391 e. The molecule has 1 fully saturated rings. The summed E-state index contributed by atoms with van der Waals surface area (Å²) in [5.74, 6) is 0. The molecule has 19 heavy (non-hydrogen) atoms. The maximum Gasteiger partial charge on any atom is 0.270 e. The van der Waals surface area contributed by atoms with Crippen LogP contribution in [0, 0.1) is 0 Å². The van der Waals surface area contributed by atoms with Crippen LogP contribution in [0.4, 0.5) is 0 Å². The number of rotatable bonds is 7. The van der Waals surface area contributed by atoms with Crippen molar-refractivity contribution in [2.45, 2.75) is 36.7 Å². The first kappa shape index (κ1) is 14.5. The van der Waals surface area contributed by atoms with Gasteiger partial charge in [-0.2, -0.15) is 8.42 Å². The predicted octanol–water partition coefficient (Wildman–Crippen LogP) is 1.37. The van der Waals surface area contributed by atoms with E-state index in [2.05, 4.69) is 0 Å². The van der Waals surface area contributed by atoms with Gasteiger partial charge in [-0.05, 0) is 24.8 Å². The SMILES string of the molecule is O=S(=O)(O)C1(CC(O)COCc2ccccc2)CC1. The van der Waals surface area contributed by atoms with Crippen molar-refractivity contribution in [3.8, 4) is 0 Å². The maximum atomic E-state index is 11.1. The van der Waals surface area contributed by atoms with Crippen molar-refractivity contribution in [3.05, 3.63) is 35.9 Å². The lowest BCUT2D eigenvalue weighted by molar-refractivity contribution is 0.0229. The third-order valence-corrected chi connectivity index (χ3v) is 5.05. The summed E-state index contributed by atoms with van der Waals surface area (Å²) in [4.78, 5) is 0. The summed E-state index contributed by atoms with van der Waals surface area (Å²) in [7, 11) is -4.08. The summed E-state index contributed by atoms with van der Waals surface area (Å²) in [6.07, 6.45) is -0.0443. The number of ether oxygens (including phenoxy) is 1. The normalized spacial score (nSPS) is 19.1. The molecule has 0 aliphatic heterocycles. The van der Waals surface area contributed by atoms with Crippen molar-refractivity contribution in [1.82, 2.24) is 0 Å². The molecule has 1 saturated carbocycles. The molecule has 0 radical (unpaired) electrons. The molecule has 6 heteroatoms. The van der Waals surface area contributed by atoms with Crippen molar-refractivity contribution in [3.63, 3.8) is 0 Å². The van der Waals surface area contributed by atoms with Crippen LogP contribution in [0.15, 0.2) is 30.3 Å². The Morgan fingerprint density at radius 1 is 1.26 bits per heavy atom. The van der Waals surface area contributed by atoms with Gasteiger partial charge in [0.25, 0.3) is 10.1 Å². The molecular weight excluding hydrogens is 268 g/mol. The molecule has 0 aromatic heterocycles. The highest BCUT2D eigenvalue weighted by Gasteiger charge is 2.54. The zero-order valence-corrected chi connectivity index (χ0v) is 11.3. The summed E-state index contributed by atoms with van der Waals surface area (Å²) >= 11 is 0. The van der Waals surface area contributed by atoms with Crippen molar-refractivity contribution in [2.24, 2.45) is 0 Å². The Morgan fingerprint density at radius 2 is 1.89 bits per heavy atom. The quantitative estimate of drug-likeness (QED) is 0.740. The Balaban J connectivity index is 1.75. The van der Waals surface area contributed by atoms with Gasteiger partial charge in [0, 0.05) is 0 Å². The van der Waals surface area contributed by atoms with Gasteiger partial charge in [-0.15, -0.1) is 0 Å². The first-order valence-electron chi connectivity index (χ1n) is 6.20. The minimum absolute atomic E-state index is 0.0284. The second-order valence-corrected chi connectivity index (χ2v) is 6.83. The molecule has 106 valence electrons. The highest BCUT2D eigenvalue weighted by Crippen LogP contribution is 2.46.